The van der Waals surface area contributed by atoms with E-state index in [2.05, 4.69) is 0 Å². The number of Topliss-reactive ketones (excluding diaryl/α,β-unsaturated/α-hetero) is 1. The summed E-state index contributed by atoms with van der Waals surface area (Å²) in [4.78, 5) is 27.1. The third kappa shape index (κ3) is 3.44. The van der Waals surface area contributed by atoms with E-state index < -0.39 is 12.9 Å². The topological polar surface area (TPSA) is 43.4 Å². The van der Waals surface area contributed by atoms with Crippen molar-refractivity contribution in [3.05, 3.63) is 91.0 Å². The van der Waals surface area contributed by atoms with Gasteiger partial charge in [-0.15, -0.1) is 0 Å². The molecule has 152 valence electrons. The number of rotatable bonds is 6. The van der Waals surface area contributed by atoms with E-state index in [4.69, 9.17) is 4.74 Å². The lowest BCUT2D eigenvalue weighted by Gasteiger charge is -2.34. The molecule has 0 unspecified atom stereocenters. The summed E-state index contributed by atoms with van der Waals surface area (Å²) in [6, 6.07) is 29.9. The Bertz CT molecular complexity index is 981. The van der Waals surface area contributed by atoms with Crippen molar-refractivity contribution in [1.82, 2.24) is 0 Å². The van der Waals surface area contributed by atoms with Crippen molar-refractivity contribution in [2.45, 2.75) is 19.3 Å². The lowest BCUT2D eigenvalue weighted by Crippen LogP contribution is -2.41. The molecular formula is C26H25O3P. The van der Waals surface area contributed by atoms with Crippen molar-refractivity contribution in [1.29, 1.82) is 0 Å². The number of benzene rings is 3. The largest absolute Gasteiger partial charge is 0.465 e. The maximum Gasteiger partial charge on any atom is 0.342 e. The van der Waals surface area contributed by atoms with Crippen molar-refractivity contribution in [2.24, 2.45) is 5.92 Å². The summed E-state index contributed by atoms with van der Waals surface area (Å²) >= 11 is 0. The van der Waals surface area contributed by atoms with Crippen LogP contribution < -0.4 is 15.9 Å². The molecule has 0 amide bonds. The average molecular weight is 416 g/mol. The van der Waals surface area contributed by atoms with E-state index in [1.54, 1.807) is 0 Å². The summed E-state index contributed by atoms with van der Waals surface area (Å²) in [6.07, 6.45) is 2.69. The van der Waals surface area contributed by atoms with Gasteiger partial charge < -0.3 is 4.74 Å². The number of ether oxygens (including phenoxy) is 1. The zero-order chi connectivity index (χ0) is 21.0. The molecule has 0 saturated heterocycles. The van der Waals surface area contributed by atoms with Gasteiger partial charge in [0.2, 0.25) is 0 Å². The Hall–Kier alpha value is -2.90. The van der Waals surface area contributed by atoms with Crippen molar-refractivity contribution in [3.8, 4) is 0 Å². The minimum atomic E-state index is -2.73. The molecule has 0 aliphatic heterocycles. The van der Waals surface area contributed by atoms with Gasteiger partial charge in [-0.1, -0.05) is 97.4 Å². The SMILES string of the molecule is COC(=O)C(C(=O)C1CCC1)=P(c1ccccc1)(c1ccccc1)c1ccccc1. The Balaban J connectivity index is 2.22. The number of carbonyl (C=O) groups excluding carboxylic acids is 2. The van der Waals surface area contributed by atoms with Gasteiger partial charge in [-0.25, -0.2) is 4.79 Å². The van der Waals surface area contributed by atoms with Gasteiger partial charge in [0.25, 0.3) is 0 Å². The maximum atomic E-state index is 13.8. The number of methoxy groups -OCH3 is 1. The summed E-state index contributed by atoms with van der Waals surface area (Å²) < 4.78 is 5.25. The monoisotopic (exact) mass is 416 g/mol. The first-order chi connectivity index (χ1) is 14.7. The number of carbonyl (C=O) groups is 2. The highest BCUT2D eigenvalue weighted by atomic mass is 31.2. The molecule has 3 aromatic rings. The van der Waals surface area contributed by atoms with E-state index in [1.165, 1.54) is 7.11 Å². The lowest BCUT2D eigenvalue weighted by molar-refractivity contribution is -0.133. The fourth-order valence-electron chi connectivity index (χ4n) is 4.15. The molecule has 0 bridgehead atoms. The van der Waals surface area contributed by atoms with Crippen molar-refractivity contribution in [2.75, 3.05) is 7.11 Å². The minimum absolute atomic E-state index is 0.0574. The second kappa shape index (κ2) is 8.85. The van der Waals surface area contributed by atoms with Gasteiger partial charge in [-0.3, -0.25) is 4.79 Å². The first-order valence-electron chi connectivity index (χ1n) is 10.3. The summed E-state index contributed by atoms with van der Waals surface area (Å²) in [5.74, 6) is -0.676. The van der Waals surface area contributed by atoms with Crippen molar-refractivity contribution < 1.29 is 14.3 Å². The lowest BCUT2D eigenvalue weighted by atomic mass is 9.81. The summed E-state index contributed by atoms with van der Waals surface area (Å²) in [5, 5.41) is 3.25. The molecule has 4 rings (SSSR count). The van der Waals surface area contributed by atoms with Gasteiger partial charge >= 0.3 is 5.97 Å². The average Bonchev–Trinajstić information content (AvgIpc) is 2.77. The predicted octanol–water partition coefficient (Wildman–Crippen LogP) is 3.70. The maximum absolute atomic E-state index is 13.8. The van der Waals surface area contributed by atoms with Crippen LogP contribution in [-0.2, 0) is 14.3 Å². The minimum Gasteiger partial charge on any atom is -0.465 e. The van der Waals surface area contributed by atoms with E-state index in [1.807, 2.05) is 91.0 Å². The molecule has 0 spiro atoms. The van der Waals surface area contributed by atoms with Crippen LogP contribution in [0.3, 0.4) is 0 Å². The Morgan fingerprint density at radius 1 is 0.733 bits per heavy atom. The van der Waals surface area contributed by atoms with Crippen LogP contribution in [0.15, 0.2) is 91.0 Å². The van der Waals surface area contributed by atoms with Crippen LogP contribution in [-0.4, -0.2) is 24.2 Å². The Labute approximate surface area is 177 Å². The van der Waals surface area contributed by atoms with Gasteiger partial charge in [0.15, 0.2) is 5.78 Å². The fourth-order valence-corrected chi connectivity index (χ4v) is 8.56. The first-order valence-corrected chi connectivity index (χ1v) is 12.0. The van der Waals surface area contributed by atoms with E-state index in [9.17, 15) is 9.59 Å². The van der Waals surface area contributed by atoms with E-state index in [0.717, 1.165) is 35.2 Å². The first kappa shape index (κ1) is 20.4. The second-order valence-electron chi connectivity index (χ2n) is 7.51. The van der Waals surface area contributed by atoms with E-state index in [0.29, 0.717) is 5.29 Å². The van der Waals surface area contributed by atoms with Crippen LogP contribution in [0, 0.1) is 5.92 Å². The van der Waals surface area contributed by atoms with Crippen LogP contribution >= 0.6 is 6.89 Å². The zero-order valence-electron chi connectivity index (χ0n) is 17.0. The van der Waals surface area contributed by atoms with Crippen LogP contribution in [0.25, 0.3) is 0 Å². The molecule has 1 fully saturated rings. The van der Waals surface area contributed by atoms with Crippen molar-refractivity contribution >= 4 is 39.8 Å². The molecule has 0 atom stereocenters. The van der Waals surface area contributed by atoms with Gasteiger partial charge in [0.05, 0.1) is 7.11 Å². The quantitative estimate of drug-likeness (QED) is 0.350. The molecule has 0 aromatic heterocycles. The van der Waals surface area contributed by atoms with Gasteiger partial charge in [-0.05, 0) is 35.6 Å². The highest BCUT2D eigenvalue weighted by Gasteiger charge is 2.41. The third-order valence-corrected chi connectivity index (χ3v) is 10.1. The molecule has 1 saturated carbocycles. The molecule has 30 heavy (non-hydrogen) atoms. The normalized spacial score (nSPS) is 13.9. The van der Waals surface area contributed by atoms with Gasteiger partial charge in [0.1, 0.15) is 5.29 Å². The Morgan fingerprint density at radius 2 is 1.13 bits per heavy atom. The standard InChI is InChI=1S/C26H25O3P/c1-29-26(28)25(24(27)20-12-11-13-20)30(21-14-5-2-6-15-21,22-16-7-3-8-17-22)23-18-9-4-10-19-23/h2-10,14-20H,11-13H2,1H3. The molecule has 3 nitrogen and oxygen atoms in total. The highest BCUT2D eigenvalue weighted by molar-refractivity contribution is 7.97. The van der Waals surface area contributed by atoms with E-state index >= 15 is 0 Å². The van der Waals surface area contributed by atoms with Crippen molar-refractivity contribution in [3.63, 3.8) is 0 Å². The summed E-state index contributed by atoms with van der Waals surface area (Å²) in [5.41, 5.74) is 0. The summed E-state index contributed by atoms with van der Waals surface area (Å²) in [7, 11) is 1.37. The molecule has 0 heterocycles. The van der Waals surface area contributed by atoms with E-state index in [-0.39, 0.29) is 11.7 Å². The molecule has 0 radical (unpaired) electrons. The molecule has 1 aliphatic carbocycles. The van der Waals surface area contributed by atoms with Crippen LogP contribution in [0.1, 0.15) is 19.3 Å². The number of ketones is 1. The Morgan fingerprint density at radius 3 is 1.43 bits per heavy atom. The third-order valence-electron chi connectivity index (χ3n) is 5.85. The van der Waals surface area contributed by atoms with Gasteiger partial charge in [-0.2, -0.15) is 0 Å². The molecular weight excluding hydrogens is 391 g/mol. The summed E-state index contributed by atoms with van der Waals surface area (Å²) in [6.45, 7) is -2.73. The Kier molecular flexibility index (Phi) is 6.01. The molecule has 3 aromatic carbocycles. The van der Waals surface area contributed by atoms with Crippen LogP contribution in [0.5, 0.6) is 0 Å². The smallest absolute Gasteiger partial charge is 0.342 e. The zero-order valence-corrected chi connectivity index (χ0v) is 17.9. The molecule has 0 N–H and O–H groups in total. The second-order valence-corrected chi connectivity index (χ2v) is 10.8. The molecule has 1 aliphatic rings. The number of esters is 1. The van der Waals surface area contributed by atoms with Crippen LogP contribution in [0.4, 0.5) is 0 Å². The van der Waals surface area contributed by atoms with Gasteiger partial charge in [0, 0.05) is 5.92 Å². The molecule has 4 heteroatoms. The predicted molar refractivity (Wildman–Crippen MR) is 125 cm³/mol. The number of hydrogen-bond donors (Lipinski definition) is 0. The van der Waals surface area contributed by atoms with Crippen LogP contribution in [0.2, 0.25) is 0 Å². The highest BCUT2D eigenvalue weighted by Crippen LogP contribution is 2.48. The fraction of sp³-hybridized carbons (Fsp3) is 0.192. The number of hydrogen-bond acceptors (Lipinski definition) is 3.